The molecule has 0 saturated heterocycles. The maximum Gasteiger partial charge on any atom is 0.357 e. The lowest BCUT2D eigenvalue weighted by Gasteiger charge is -2.15. The van der Waals surface area contributed by atoms with Gasteiger partial charge in [-0.2, -0.15) is 10.4 Å². The first-order chi connectivity index (χ1) is 12.0. The van der Waals surface area contributed by atoms with Gasteiger partial charge in [0, 0.05) is 12.4 Å². The first-order valence-electron chi connectivity index (χ1n) is 7.27. The summed E-state index contributed by atoms with van der Waals surface area (Å²) in [4.78, 5) is 12.2. The van der Waals surface area contributed by atoms with Gasteiger partial charge in [-0.1, -0.05) is 17.7 Å². The number of carbonyl (C=O) groups excluding carboxylic acids is 1. The Hall–Kier alpha value is -3.24. The van der Waals surface area contributed by atoms with Crippen molar-refractivity contribution in [3.05, 3.63) is 58.6 Å². The van der Waals surface area contributed by atoms with Crippen LogP contribution in [0.2, 0.25) is 5.02 Å². The molecule has 126 valence electrons. The number of nitriles is 1. The zero-order valence-corrected chi connectivity index (χ0v) is 14.3. The summed E-state index contributed by atoms with van der Waals surface area (Å²) in [5, 5.41) is 14.0. The third-order valence-electron chi connectivity index (χ3n) is 3.71. The number of anilines is 1. The average Bonchev–Trinajstić information content (AvgIpc) is 3.17. The van der Waals surface area contributed by atoms with Gasteiger partial charge >= 0.3 is 5.97 Å². The molecule has 2 heterocycles. The van der Waals surface area contributed by atoms with Crippen molar-refractivity contribution in [1.82, 2.24) is 14.3 Å². The quantitative estimate of drug-likeness (QED) is 0.728. The summed E-state index contributed by atoms with van der Waals surface area (Å²) in [6.07, 6.45) is 4.98. The minimum absolute atomic E-state index is 0.0527. The van der Waals surface area contributed by atoms with Crippen LogP contribution in [-0.4, -0.2) is 27.4 Å². The molecule has 0 radical (unpaired) electrons. The fourth-order valence-electron chi connectivity index (χ4n) is 2.56. The Kier molecular flexibility index (Phi) is 4.21. The van der Waals surface area contributed by atoms with Crippen LogP contribution in [0, 0.1) is 18.3 Å². The van der Waals surface area contributed by atoms with Crippen molar-refractivity contribution in [1.29, 1.82) is 5.26 Å². The van der Waals surface area contributed by atoms with Crippen LogP contribution in [0.5, 0.6) is 0 Å². The molecule has 3 aromatic rings. The number of hydrogen-bond acceptors (Lipinski definition) is 5. The fourth-order valence-corrected chi connectivity index (χ4v) is 2.82. The zero-order valence-electron chi connectivity index (χ0n) is 13.5. The Morgan fingerprint density at radius 1 is 1.40 bits per heavy atom. The van der Waals surface area contributed by atoms with Crippen LogP contribution in [0.3, 0.4) is 0 Å². The first-order valence-corrected chi connectivity index (χ1v) is 7.65. The molecular weight excluding hydrogens is 342 g/mol. The van der Waals surface area contributed by atoms with E-state index in [2.05, 4.69) is 5.10 Å². The zero-order chi connectivity index (χ0) is 18.1. The molecule has 0 aliphatic carbocycles. The van der Waals surface area contributed by atoms with E-state index in [0.29, 0.717) is 16.4 Å². The van der Waals surface area contributed by atoms with E-state index in [1.165, 1.54) is 17.9 Å². The van der Waals surface area contributed by atoms with E-state index >= 15 is 0 Å². The first kappa shape index (κ1) is 16.6. The Labute approximate surface area is 148 Å². The normalized spacial score (nSPS) is 10.5. The molecule has 25 heavy (non-hydrogen) atoms. The summed E-state index contributed by atoms with van der Waals surface area (Å²) in [6, 6.07) is 7.18. The highest BCUT2D eigenvalue weighted by atomic mass is 35.5. The van der Waals surface area contributed by atoms with Gasteiger partial charge in [-0.15, -0.1) is 0 Å². The van der Waals surface area contributed by atoms with Crippen molar-refractivity contribution in [2.75, 3.05) is 12.8 Å². The smallest absolute Gasteiger partial charge is 0.357 e. The summed E-state index contributed by atoms with van der Waals surface area (Å²) in [6.45, 7) is 1.90. The molecule has 8 heteroatoms. The summed E-state index contributed by atoms with van der Waals surface area (Å²) in [5.41, 5.74) is 8.29. The van der Waals surface area contributed by atoms with Gasteiger partial charge in [-0.05, 0) is 24.6 Å². The lowest BCUT2D eigenvalue weighted by Crippen LogP contribution is -2.13. The molecule has 2 aromatic heterocycles. The lowest BCUT2D eigenvalue weighted by molar-refractivity contribution is 0.0593. The summed E-state index contributed by atoms with van der Waals surface area (Å²) >= 11 is 6.38. The average molecular weight is 356 g/mol. The molecule has 1 aromatic carbocycles. The summed E-state index contributed by atoms with van der Waals surface area (Å²) in [7, 11) is 1.25. The number of halogens is 1. The third kappa shape index (κ3) is 2.73. The van der Waals surface area contributed by atoms with E-state index < -0.39 is 5.97 Å². The van der Waals surface area contributed by atoms with Crippen LogP contribution >= 0.6 is 11.6 Å². The molecule has 0 saturated carbocycles. The molecule has 0 bridgehead atoms. The SMILES string of the molecule is COC(=O)c1c(N)c(C#N)cn1-c1cccc(Cl)c1-n1cc(C)cn1. The van der Waals surface area contributed by atoms with E-state index in [9.17, 15) is 10.1 Å². The second-order valence-electron chi connectivity index (χ2n) is 5.35. The van der Waals surface area contributed by atoms with Crippen molar-refractivity contribution in [2.24, 2.45) is 0 Å². The Morgan fingerprint density at radius 3 is 2.76 bits per heavy atom. The number of ether oxygens (including phenoxy) is 1. The van der Waals surface area contributed by atoms with Gasteiger partial charge in [0.25, 0.3) is 0 Å². The molecule has 3 rings (SSSR count). The number of benzene rings is 1. The maximum atomic E-state index is 12.2. The molecular formula is C17H14ClN5O2. The minimum Gasteiger partial charge on any atom is -0.464 e. The molecule has 0 spiro atoms. The van der Waals surface area contributed by atoms with E-state index in [1.807, 2.05) is 13.0 Å². The van der Waals surface area contributed by atoms with Crippen molar-refractivity contribution in [2.45, 2.75) is 6.92 Å². The molecule has 0 aliphatic rings. The van der Waals surface area contributed by atoms with Crippen molar-refractivity contribution < 1.29 is 9.53 Å². The Morgan fingerprint density at radius 2 is 2.16 bits per heavy atom. The number of carbonyl (C=O) groups is 1. The number of para-hydroxylation sites is 1. The van der Waals surface area contributed by atoms with Crippen molar-refractivity contribution >= 4 is 23.3 Å². The Balaban J connectivity index is 2.34. The number of nitrogens with two attached hydrogens (primary N) is 1. The lowest BCUT2D eigenvalue weighted by atomic mass is 10.2. The van der Waals surface area contributed by atoms with E-state index in [4.69, 9.17) is 22.1 Å². The van der Waals surface area contributed by atoms with Gasteiger partial charge in [0.05, 0.1) is 35.3 Å². The van der Waals surface area contributed by atoms with Gasteiger partial charge < -0.3 is 15.0 Å². The number of esters is 1. The number of rotatable bonds is 3. The monoisotopic (exact) mass is 355 g/mol. The highest BCUT2D eigenvalue weighted by Crippen LogP contribution is 2.31. The topological polar surface area (TPSA) is 98.9 Å². The molecule has 0 atom stereocenters. The predicted octanol–water partition coefficient (Wildman–Crippen LogP) is 2.87. The minimum atomic E-state index is -0.651. The molecule has 2 N–H and O–H groups in total. The summed E-state index contributed by atoms with van der Waals surface area (Å²) < 4.78 is 7.92. The maximum absolute atomic E-state index is 12.2. The Bertz CT molecular complexity index is 1010. The van der Waals surface area contributed by atoms with Crippen LogP contribution < -0.4 is 5.73 Å². The number of hydrogen-bond donors (Lipinski definition) is 1. The van der Waals surface area contributed by atoms with Gasteiger partial charge in [0.15, 0.2) is 5.69 Å². The van der Waals surface area contributed by atoms with Gasteiger partial charge in [0.1, 0.15) is 11.8 Å². The molecule has 0 fully saturated rings. The predicted molar refractivity (Wildman–Crippen MR) is 93.1 cm³/mol. The van der Waals surface area contributed by atoms with E-state index in [1.54, 1.807) is 35.3 Å². The van der Waals surface area contributed by atoms with Crippen LogP contribution in [0.15, 0.2) is 36.8 Å². The molecule has 7 nitrogen and oxygen atoms in total. The van der Waals surface area contributed by atoms with Crippen LogP contribution in [0.25, 0.3) is 11.4 Å². The molecule has 0 aliphatic heterocycles. The van der Waals surface area contributed by atoms with E-state index in [0.717, 1.165) is 5.56 Å². The number of nitrogens with zero attached hydrogens (tertiary/aromatic N) is 4. The largest absolute Gasteiger partial charge is 0.464 e. The standard InChI is InChI=1S/C17H14ClN5O2/c1-10-7-21-23(8-10)15-12(18)4-3-5-13(15)22-9-11(6-19)14(20)16(22)17(24)25-2/h3-5,7-9H,20H2,1-2H3. The second kappa shape index (κ2) is 6.34. The highest BCUT2D eigenvalue weighted by Gasteiger charge is 2.24. The molecule has 0 amide bonds. The van der Waals surface area contributed by atoms with Crippen LogP contribution in [0.1, 0.15) is 21.6 Å². The van der Waals surface area contributed by atoms with Crippen molar-refractivity contribution in [3.8, 4) is 17.4 Å². The fraction of sp³-hybridized carbons (Fsp3) is 0.118. The van der Waals surface area contributed by atoms with E-state index in [-0.39, 0.29) is 16.9 Å². The summed E-state index contributed by atoms with van der Waals surface area (Å²) in [5.74, 6) is -0.651. The second-order valence-corrected chi connectivity index (χ2v) is 5.76. The number of methoxy groups -OCH3 is 1. The van der Waals surface area contributed by atoms with Gasteiger partial charge in [-0.25, -0.2) is 9.48 Å². The van der Waals surface area contributed by atoms with Gasteiger partial charge in [0.2, 0.25) is 0 Å². The van der Waals surface area contributed by atoms with Crippen molar-refractivity contribution in [3.63, 3.8) is 0 Å². The number of aromatic nitrogens is 3. The van der Waals surface area contributed by atoms with Gasteiger partial charge in [-0.3, -0.25) is 0 Å². The highest BCUT2D eigenvalue weighted by molar-refractivity contribution is 6.32. The number of aryl methyl sites for hydroxylation is 1. The number of nitrogen functional groups attached to an aromatic ring is 1. The van der Waals surface area contributed by atoms with Crippen LogP contribution in [-0.2, 0) is 4.74 Å². The third-order valence-corrected chi connectivity index (χ3v) is 4.01. The van der Waals surface area contributed by atoms with Crippen LogP contribution in [0.4, 0.5) is 5.69 Å². The molecule has 0 unspecified atom stereocenters.